The summed E-state index contributed by atoms with van der Waals surface area (Å²) in [5.41, 5.74) is 0.627. The summed E-state index contributed by atoms with van der Waals surface area (Å²) in [6, 6.07) is 11.4. The van der Waals surface area contributed by atoms with Crippen molar-refractivity contribution in [3.8, 4) is 0 Å². The second-order valence-corrected chi connectivity index (χ2v) is 8.71. The molecule has 0 spiro atoms. The highest BCUT2D eigenvalue weighted by molar-refractivity contribution is 6.07. The number of nitrogens with zero attached hydrogens (tertiary/aromatic N) is 2. The Morgan fingerprint density at radius 1 is 1.19 bits per heavy atom. The Labute approximate surface area is 187 Å². The Balaban J connectivity index is 1.39. The van der Waals surface area contributed by atoms with Crippen molar-refractivity contribution in [2.45, 2.75) is 57.4 Å². The maximum atomic E-state index is 12.9. The van der Waals surface area contributed by atoms with E-state index in [1.807, 2.05) is 25.1 Å². The predicted molar refractivity (Wildman–Crippen MR) is 118 cm³/mol. The van der Waals surface area contributed by atoms with Crippen LogP contribution in [0, 0.1) is 5.92 Å². The fourth-order valence-corrected chi connectivity index (χ4v) is 4.90. The summed E-state index contributed by atoms with van der Waals surface area (Å²) in [6.07, 6.45) is 5.17. The molecule has 32 heavy (non-hydrogen) atoms. The Bertz CT molecular complexity index is 965. The number of hydrogen-bond donors (Lipinski definition) is 2. The predicted octanol–water partition coefficient (Wildman–Crippen LogP) is 3.08. The van der Waals surface area contributed by atoms with E-state index in [2.05, 4.69) is 27.9 Å². The van der Waals surface area contributed by atoms with Crippen LogP contribution in [0.4, 0.5) is 4.79 Å². The van der Waals surface area contributed by atoms with Crippen LogP contribution in [-0.2, 0) is 17.6 Å². The molecule has 1 atom stereocenters. The molecule has 2 aliphatic rings. The Kier molecular flexibility index (Phi) is 6.58. The lowest BCUT2D eigenvalue weighted by Gasteiger charge is -2.40. The SMILES string of the molecule is CCCc1cc(C(=O)N2CCC([C@]3(CCCc4ccccc4)NC(=O)NC3=O)CC2)no1. The molecule has 0 radical (unpaired) electrons. The average Bonchev–Trinajstić information content (AvgIpc) is 3.38. The largest absolute Gasteiger partial charge is 0.361 e. The zero-order valence-corrected chi connectivity index (χ0v) is 18.4. The van der Waals surface area contributed by atoms with Gasteiger partial charge in [0.05, 0.1) is 0 Å². The van der Waals surface area contributed by atoms with Gasteiger partial charge in [0, 0.05) is 25.6 Å². The third kappa shape index (κ3) is 4.54. The summed E-state index contributed by atoms with van der Waals surface area (Å²) >= 11 is 0. The van der Waals surface area contributed by atoms with E-state index in [0.717, 1.165) is 25.7 Å². The molecular formula is C24H30N4O4. The van der Waals surface area contributed by atoms with Gasteiger partial charge in [-0.25, -0.2) is 4.79 Å². The molecule has 8 nitrogen and oxygen atoms in total. The minimum absolute atomic E-state index is 0.0262. The minimum Gasteiger partial charge on any atom is -0.361 e. The highest BCUT2D eigenvalue weighted by atomic mass is 16.5. The Hall–Kier alpha value is -3.16. The van der Waals surface area contributed by atoms with Gasteiger partial charge >= 0.3 is 6.03 Å². The average molecular weight is 439 g/mol. The molecule has 170 valence electrons. The number of likely N-dealkylation sites (tertiary alicyclic amines) is 1. The van der Waals surface area contributed by atoms with E-state index in [-0.39, 0.29) is 17.7 Å². The van der Waals surface area contributed by atoms with E-state index in [0.29, 0.717) is 43.8 Å². The molecule has 2 aliphatic heterocycles. The van der Waals surface area contributed by atoms with Gasteiger partial charge in [-0.05, 0) is 50.0 Å². The molecule has 4 amide bonds. The smallest absolute Gasteiger partial charge is 0.322 e. The number of aromatic nitrogens is 1. The quantitative estimate of drug-likeness (QED) is 0.617. The van der Waals surface area contributed by atoms with Crippen molar-refractivity contribution in [2.75, 3.05) is 13.1 Å². The second kappa shape index (κ2) is 9.54. The molecule has 0 aliphatic carbocycles. The number of rotatable bonds is 8. The Morgan fingerprint density at radius 3 is 2.59 bits per heavy atom. The van der Waals surface area contributed by atoms with Crippen molar-refractivity contribution in [2.24, 2.45) is 5.92 Å². The van der Waals surface area contributed by atoms with E-state index < -0.39 is 11.6 Å². The van der Waals surface area contributed by atoms with Crippen LogP contribution in [-0.4, -0.2) is 46.5 Å². The summed E-state index contributed by atoms with van der Waals surface area (Å²) < 4.78 is 5.24. The van der Waals surface area contributed by atoms with Gasteiger partial charge in [-0.2, -0.15) is 0 Å². The second-order valence-electron chi connectivity index (χ2n) is 8.71. The van der Waals surface area contributed by atoms with Crippen LogP contribution in [0.1, 0.15) is 60.8 Å². The first kappa shape index (κ1) is 22.0. The van der Waals surface area contributed by atoms with E-state index in [9.17, 15) is 14.4 Å². The van der Waals surface area contributed by atoms with Crippen LogP contribution in [0.3, 0.4) is 0 Å². The molecule has 0 bridgehead atoms. The maximum Gasteiger partial charge on any atom is 0.322 e. The molecule has 2 fully saturated rings. The van der Waals surface area contributed by atoms with Gasteiger partial charge in [0.1, 0.15) is 11.3 Å². The zero-order chi connectivity index (χ0) is 22.6. The van der Waals surface area contributed by atoms with E-state index in [1.165, 1.54) is 5.56 Å². The third-order valence-corrected chi connectivity index (χ3v) is 6.60. The van der Waals surface area contributed by atoms with Crippen molar-refractivity contribution in [1.82, 2.24) is 20.7 Å². The lowest BCUT2D eigenvalue weighted by atomic mass is 9.74. The van der Waals surface area contributed by atoms with Crippen molar-refractivity contribution in [1.29, 1.82) is 0 Å². The third-order valence-electron chi connectivity index (χ3n) is 6.60. The van der Waals surface area contributed by atoms with Crippen LogP contribution in [0.25, 0.3) is 0 Å². The van der Waals surface area contributed by atoms with E-state index in [1.54, 1.807) is 11.0 Å². The maximum absolute atomic E-state index is 12.9. The molecule has 2 N–H and O–H groups in total. The van der Waals surface area contributed by atoms with Crippen LogP contribution in [0.5, 0.6) is 0 Å². The summed E-state index contributed by atoms with van der Waals surface area (Å²) in [5, 5.41) is 9.30. The van der Waals surface area contributed by atoms with Crippen LogP contribution in [0.15, 0.2) is 40.9 Å². The fourth-order valence-electron chi connectivity index (χ4n) is 4.90. The molecule has 4 rings (SSSR count). The number of carbonyl (C=O) groups excluding carboxylic acids is 3. The van der Waals surface area contributed by atoms with Gasteiger partial charge in [-0.1, -0.05) is 42.4 Å². The molecule has 2 aromatic rings. The van der Waals surface area contributed by atoms with E-state index >= 15 is 0 Å². The minimum atomic E-state index is -0.914. The Morgan fingerprint density at radius 2 is 1.94 bits per heavy atom. The van der Waals surface area contributed by atoms with Crippen LogP contribution in [0.2, 0.25) is 0 Å². The number of piperidine rings is 1. The highest BCUT2D eigenvalue weighted by Crippen LogP contribution is 2.35. The van der Waals surface area contributed by atoms with Crippen molar-refractivity contribution in [3.05, 3.63) is 53.4 Å². The molecule has 1 aromatic carbocycles. The standard InChI is InChI=1S/C24H30N4O4/c1-2-7-19-16-20(27-32-19)21(29)28-14-11-18(12-15-28)24(22(30)25-23(31)26-24)13-6-10-17-8-4-3-5-9-17/h3-5,8-9,16,18H,2,6-7,10-15H2,1H3,(H2,25,26,30,31)/t24-/m0/s1. The molecular weight excluding hydrogens is 408 g/mol. The number of nitrogens with one attached hydrogen (secondary N) is 2. The first-order chi connectivity index (χ1) is 15.5. The number of urea groups is 1. The van der Waals surface area contributed by atoms with Gasteiger partial charge in [-0.15, -0.1) is 0 Å². The number of carbonyl (C=O) groups is 3. The van der Waals surface area contributed by atoms with Crippen molar-refractivity contribution < 1.29 is 18.9 Å². The monoisotopic (exact) mass is 438 g/mol. The fraction of sp³-hybridized carbons (Fsp3) is 0.500. The summed E-state index contributed by atoms with van der Waals surface area (Å²) in [6.45, 7) is 3.08. The summed E-state index contributed by atoms with van der Waals surface area (Å²) in [4.78, 5) is 39.5. The van der Waals surface area contributed by atoms with Gasteiger partial charge < -0.3 is 14.7 Å². The number of imide groups is 1. The van der Waals surface area contributed by atoms with E-state index in [4.69, 9.17) is 4.52 Å². The highest BCUT2D eigenvalue weighted by Gasteiger charge is 2.51. The summed E-state index contributed by atoms with van der Waals surface area (Å²) in [5.74, 6) is 0.295. The van der Waals surface area contributed by atoms with Crippen LogP contribution < -0.4 is 10.6 Å². The van der Waals surface area contributed by atoms with Gasteiger partial charge in [-0.3, -0.25) is 14.9 Å². The molecule has 2 saturated heterocycles. The number of hydrogen-bond acceptors (Lipinski definition) is 5. The topological polar surface area (TPSA) is 105 Å². The normalized spacial score (nSPS) is 21.5. The van der Waals surface area contributed by atoms with Gasteiger partial charge in [0.25, 0.3) is 11.8 Å². The lowest BCUT2D eigenvalue weighted by molar-refractivity contribution is -0.127. The molecule has 1 aromatic heterocycles. The zero-order valence-electron chi connectivity index (χ0n) is 18.4. The van der Waals surface area contributed by atoms with Crippen molar-refractivity contribution in [3.63, 3.8) is 0 Å². The number of aryl methyl sites for hydroxylation is 2. The number of benzene rings is 1. The van der Waals surface area contributed by atoms with Gasteiger partial charge in [0.2, 0.25) is 0 Å². The number of amides is 4. The molecule has 3 heterocycles. The summed E-state index contributed by atoms with van der Waals surface area (Å²) in [7, 11) is 0. The van der Waals surface area contributed by atoms with Crippen LogP contribution >= 0.6 is 0 Å². The first-order valence-electron chi connectivity index (χ1n) is 11.4. The molecule has 0 saturated carbocycles. The molecule has 8 heteroatoms. The lowest BCUT2D eigenvalue weighted by Crippen LogP contribution is -2.56. The van der Waals surface area contributed by atoms with Crippen molar-refractivity contribution >= 4 is 17.8 Å². The first-order valence-corrected chi connectivity index (χ1v) is 11.4. The van der Waals surface area contributed by atoms with Gasteiger partial charge in [0.15, 0.2) is 5.69 Å². The molecule has 0 unspecified atom stereocenters.